The fraction of sp³-hybridized carbons (Fsp3) is 0.538. The van der Waals surface area contributed by atoms with E-state index in [1.54, 1.807) is 13.2 Å². The molecule has 0 aliphatic rings. The second kappa shape index (κ2) is 7.41. The minimum absolute atomic E-state index is 0.114. The van der Waals surface area contributed by atoms with Gasteiger partial charge in [0.05, 0.1) is 0 Å². The van der Waals surface area contributed by atoms with Gasteiger partial charge in [-0.1, -0.05) is 19.1 Å². The van der Waals surface area contributed by atoms with Crippen LogP contribution in [0, 0.1) is 17.6 Å². The number of hydrogen-bond acceptors (Lipinski definition) is 3. The van der Waals surface area contributed by atoms with Gasteiger partial charge in [0.1, 0.15) is 0 Å². The Morgan fingerprint density at radius 2 is 2.11 bits per heavy atom. The molecule has 0 fully saturated rings. The Hall–Kier alpha value is -1.04. The number of hydrazine groups is 1. The topological polar surface area (TPSA) is 47.3 Å². The van der Waals surface area contributed by atoms with Crippen LogP contribution in [-0.4, -0.2) is 19.8 Å². The first kappa shape index (κ1) is 15.0. The van der Waals surface area contributed by atoms with Crippen molar-refractivity contribution in [2.24, 2.45) is 11.8 Å². The van der Waals surface area contributed by atoms with E-state index in [0.29, 0.717) is 18.6 Å². The van der Waals surface area contributed by atoms with Crippen molar-refractivity contribution in [3.05, 3.63) is 35.4 Å². The molecule has 3 nitrogen and oxygen atoms in total. The minimum atomic E-state index is -0.826. The quantitative estimate of drug-likeness (QED) is 0.581. The summed E-state index contributed by atoms with van der Waals surface area (Å²) in [5.41, 5.74) is 3.00. The lowest BCUT2D eigenvalue weighted by Gasteiger charge is -2.23. The van der Waals surface area contributed by atoms with Gasteiger partial charge in [-0.2, -0.15) is 0 Å². The predicted molar refractivity (Wildman–Crippen MR) is 66.8 cm³/mol. The number of rotatable bonds is 7. The maximum atomic E-state index is 13.5. The molecule has 102 valence electrons. The highest BCUT2D eigenvalue weighted by Crippen LogP contribution is 2.17. The number of nitrogens with two attached hydrogens (primary N) is 1. The Balaban J connectivity index is 2.70. The van der Waals surface area contributed by atoms with Gasteiger partial charge in [-0.25, -0.2) is 8.78 Å². The summed E-state index contributed by atoms with van der Waals surface area (Å²) in [5.74, 6) is 4.06. The van der Waals surface area contributed by atoms with E-state index in [1.807, 2.05) is 6.92 Å². The fourth-order valence-electron chi connectivity index (χ4n) is 1.87. The highest BCUT2D eigenvalue weighted by Gasteiger charge is 2.19. The van der Waals surface area contributed by atoms with Gasteiger partial charge < -0.3 is 4.74 Å². The SMILES string of the molecule is COCCC(C)C(Cc1cccc(F)c1F)NN. The third kappa shape index (κ3) is 4.01. The smallest absolute Gasteiger partial charge is 0.162 e. The van der Waals surface area contributed by atoms with Gasteiger partial charge in [0.2, 0.25) is 0 Å². The second-order valence-corrected chi connectivity index (χ2v) is 4.45. The zero-order valence-corrected chi connectivity index (χ0v) is 10.7. The van der Waals surface area contributed by atoms with Crippen LogP contribution in [0.2, 0.25) is 0 Å². The molecule has 2 unspecified atom stereocenters. The van der Waals surface area contributed by atoms with Gasteiger partial charge >= 0.3 is 0 Å². The minimum Gasteiger partial charge on any atom is -0.385 e. The number of hydrogen-bond donors (Lipinski definition) is 2. The zero-order valence-electron chi connectivity index (χ0n) is 10.7. The first-order chi connectivity index (χ1) is 8.60. The van der Waals surface area contributed by atoms with Gasteiger partial charge in [-0.15, -0.1) is 0 Å². The summed E-state index contributed by atoms with van der Waals surface area (Å²) in [6.07, 6.45) is 1.16. The molecule has 0 saturated heterocycles. The van der Waals surface area contributed by atoms with Crippen LogP contribution in [0.5, 0.6) is 0 Å². The van der Waals surface area contributed by atoms with Crippen molar-refractivity contribution in [3.63, 3.8) is 0 Å². The number of ether oxygens (including phenoxy) is 1. The molecule has 1 rings (SSSR count). The van der Waals surface area contributed by atoms with Gasteiger partial charge in [-0.05, 0) is 30.4 Å². The second-order valence-electron chi connectivity index (χ2n) is 4.45. The van der Waals surface area contributed by atoms with Gasteiger partial charge in [0.25, 0.3) is 0 Å². The van der Waals surface area contributed by atoms with Crippen molar-refractivity contribution >= 4 is 0 Å². The molecule has 0 spiro atoms. The van der Waals surface area contributed by atoms with E-state index in [-0.39, 0.29) is 12.0 Å². The van der Waals surface area contributed by atoms with E-state index in [9.17, 15) is 8.78 Å². The summed E-state index contributed by atoms with van der Waals surface area (Å²) >= 11 is 0. The summed E-state index contributed by atoms with van der Waals surface area (Å²) < 4.78 is 31.6. The normalized spacial score (nSPS) is 14.5. The molecule has 0 aliphatic heterocycles. The van der Waals surface area contributed by atoms with Crippen LogP contribution in [0.15, 0.2) is 18.2 Å². The largest absolute Gasteiger partial charge is 0.385 e. The summed E-state index contributed by atoms with van der Waals surface area (Å²) in [5, 5.41) is 0. The Labute approximate surface area is 106 Å². The lowest BCUT2D eigenvalue weighted by Crippen LogP contribution is -2.42. The van der Waals surface area contributed by atoms with Crippen molar-refractivity contribution < 1.29 is 13.5 Å². The summed E-state index contributed by atoms with van der Waals surface area (Å²) in [6.45, 7) is 2.62. The van der Waals surface area contributed by atoms with E-state index < -0.39 is 11.6 Å². The number of methoxy groups -OCH3 is 1. The number of halogens is 2. The Morgan fingerprint density at radius 3 is 2.72 bits per heavy atom. The molecule has 0 aromatic heterocycles. The number of benzene rings is 1. The maximum absolute atomic E-state index is 13.5. The summed E-state index contributed by atoms with van der Waals surface area (Å²) in [6, 6.07) is 4.07. The van der Waals surface area contributed by atoms with Crippen LogP contribution in [0.25, 0.3) is 0 Å². The highest BCUT2D eigenvalue weighted by atomic mass is 19.2. The molecule has 0 radical (unpaired) electrons. The molecular formula is C13H20F2N2O. The third-order valence-electron chi connectivity index (χ3n) is 3.15. The van der Waals surface area contributed by atoms with Crippen molar-refractivity contribution in [3.8, 4) is 0 Å². The first-order valence-electron chi connectivity index (χ1n) is 5.98. The molecule has 1 aromatic carbocycles. The van der Waals surface area contributed by atoms with E-state index in [2.05, 4.69) is 5.43 Å². The lowest BCUT2D eigenvalue weighted by atomic mass is 9.93. The third-order valence-corrected chi connectivity index (χ3v) is 3.15. The van der Waals surface area contributed by atoms with Crippen molar-refractivity contribution in [1.29, 1.82) is 0 Å². The molecule has 0 aliphatic carbocycles. The molecule has 0 amide bonds. The summed E-state index contributed by atoms with van der Waals surface area (Å²) in [7, 11) is 1.63. The molecule has 2 atom stereocenters. The molecule has 5 heteroatoms. The van der Waals surface area contributed by atoms with Crippen LogP contribution in [0.4, 0.5) is 8.78 Å². The molecule has 1 aromatic rings. The Bertz CT molecular complexity index is 374. The van der Waals surface area contributed by atoms with Gasteiger partial charge in [0, 0.05) is 19.8 Å². The van der Waals surface area contributed by atoms with Gasteiger partial charge in [0.15, 0.2) is 11.6 Å². The fourth-order valence-corrected chi connectivity index (χ4v) is 1.87. The standard InChI is InChI=1S/C13H20F2N2O/c1-9(6-7-18-2)12(17-16)8-10-4-3-5-11(14)13(10)15/h3-5,9,12,17H,6-8,16H2,1-2H3. The lowest BCUT2D eigenvalue weighted by molar-refractivity contribution is 0.170. The van der Waals surface area contributed by atoms with E-state index in [4.69, 9.17) is 10.6 Å². The highest BCUT2D eigenvalue weighted by molar-refractivity contribution is 5.20. The maximum Gasteiger partial charge on any atom is 0.162 e. The van der Waals surface area contributed by atoms with E-state index in [0.717, 1.165) is 12.5 Å². The molecule has 0 bridgehead atoms. The average molecular weight is 258 g/mol. The van der Waals surface area contributed by atoms with Crippen LogP contribution < -0.4 is 11.3 Å². The molecule has 0 heterocycles. The van der Waals surface area contributed by atoms with Crippen molar-refractivity contribution in [1.82, 2.24) is 5.43 Å². The molecule has 0 saturated carbocycles. The van der Waals surface area contributed by atoms with Crippen LogP contribution in [0.1, 0.15) is 18.9 Å². The Kier molecular flexibility index (Phi) is 6.18. The monoisotopic (exact) mass is 258 g/mol. The average Bonchev–Trinajstić information content (AvgIpc) is 2.37. The predicted octanol–water partition coefficient (Wildman–Crippen LogP) is 2.01. The van der Waals surface area contributed by atoms with E-state index in [1.165, 1.54) is 6.07 Å². The van der Waals surface area contributed by atoms with Crippen molar-refractivity contribution in [2.75, 3.05) is 13.7 Å². The van der Waals surface area contributed by atoms with Crippen LogP contribution >= 0.6 is 0 Å². The number of nitrogens with one attached hydrogen (secondary N) is 1. The Morgan fingerprint density at radius 1 is 1.39 bits per heavy atom. The molecule has 3 N–H and O–H groups in total. The zero-order chi connectivity index (χ0) is 13.5. The van der Waals surface area contributed by atoms with Crippen LogP contribution in [0.3, 0.4) is 0 Å². The summed E-state index contributed by atoms with van der Waals surface area (Å²) in [4.78, 5) is 0. The van der Waals surface area contributed by atoms with Crippen molar-refractivity contribution in [2.45, 2.75) is 25.8 Å². The van der Waals surface area contributed by atoms with Gasteiger partial charge in [-0.3, -0.25) is 11.3 Å². The first-order valence-corrected chi connectivity index (χ1v) is 5.98. The molecular weight excluding hydrogens is 238 g/mol. The van der Waals surface area contributed by atoms with Crippen LogP contribution in [-0.2, 0) is 11.2 Å². The van der Waals surface area contributed by atoms with E-state index >= 15 is 0 Å². The molecule has 18 heavy (non-hydrogen) atoms.